The van der Waals surface area contributed by atoms with Gasteiger partial charge in [-0.25, -0.2) is 9.67 Å². The average Bonchev–Trinajstić information content (AvgIpc) is 3.27. The average molecular weight is 360 g/mol. The second-order valence-corrected chi connectivity index (χ2v) is 8.00. The zero-order valence-electron chi connectivity index (χ0n) is 14.1. The quantitative estimate of drug-likeness (QED) is 0.643. The van der Waals surface area contributed by atoms with Crippen molar-refractivity contribution < 1.29 is 0 Å². The van der Waals surface area contributed by atoms with Gasteiger partial charge in [0.25, 0.3) is 0 Å². The van der Waals surface area contributed by atoms with Gasteiger partial charge < -0.3 is 4.57 Å². The molecule has 5 nitrogen and oxygen atoms in total. The third kappa shape index (κ3) is 2.81. The number of para-hydroxylation sites is 1. The SMILES string of the molecule is C[C@H](c1nc2ccccc2s1)N(C)Cn1nc(C2CC2)n(C)c1=S. The van der Waals surface area contributed by atoms with Gasteiger partial charge >= 0.3 is 0 Å². The molecule has 1 aliphatic carbocycles. The Morgan fingerprint density at radius 1 is 1.38 bits per heavy atom. The number of fused-ring (bicyclic) bond motifs is 1. The highest BCUT2D eigenvalue weighted by Gasteiger charge is 2.29. The third-order valence-corrected chi connectivity index (χ3v) is 6.39. The first kappa shape index (κ1) is 15.9. The van der Waals surface area contributed by atoms with E-state index >= 15 is 0 Å². The van der Waals surface area contributed by atoms with E-state index in [2.05, 4.69) is 41.6 Å². The van der Waals surface area contributed by atoms with Gasteiger partial charge in [-0.05, 0) is 51.2 Å². The van der Waals surface area contributed by atoms with Crippen LogP contribution in [-0.4, -0.2) is 31.3 Å². The normalized spacial score (nSPS) is 16.2. The van der Waals surface area contributed by atoms with E-state index in [-0.39, 0.29) is 6.04 Å². The minimum Gasteiger partial charge on any atom is -0.307 e. The highest BCUT2D eigenvalue weighted by atomic mass is 32.1. The first-order valence-corrected chi connectivity index (χ1v) is 9.46. The summed E-state index contributed by atoms with van der Waals surface area (Å²) in [4.78, 5) is 7.02. The Morgan fingerprint density at radius 2 is 2.12 bits per heavy atom. The van der Waals surface area contributed by atoms with Crippen molar-refractivity contribution in [2.24, 2.45) is 7.05 Å². The Labute approximate surface area is 150 Å². The van der Waals surface area contributed by atoms with Crippen LogP contribution in [0.4, 0.5) is 0 Å². The largest absolute Gasteiger partial charge is 0.307 e. The zero-order valence-corrected chi connectivity index (χ0v) is 15.8. The molecule has 0 N–H and O–H groups in total. The molecule has 0 bridgehead atoms. The second kappa shape index (κ2) is 6.06. The Kier molecular flexibility index (Phi) is 4.02. The van der Waals surface area contributed by atoms with Gasteiger partial charge in [-0.1, -0.05) is 12.1 Å². The maximum atomic E-state index is 5.56. The molecule has 1 saturated carbocycles. The fourth-order valence-electron chi connectivity index (χ4n) is 2.88. The van der Waals surface area contributed by atoms with Gasteiger partial charge in [0, 0.05) is 13.0 Å². The number of hydrogen-bond acceptors (Lipinski definition) is 5. The van der Waals surface area contributed by atoms with Crippen molar-refractivity contribution in [2.75, 3.05) is 7.05 Å². The fraction of sp³-hybridized carbons (Fsp3) is 0.471. The summed E-state index contributed by atoms with van der Waals surface area (Å²) >= 11 is 7.32. The van der Waals surface area contributed by atoms with Gasteiger partial charge in [-0.3, -0.25) is 4.90 Å². The lowest BCUT2D eigenvalue weighted by Crippen LogP contribution is -2.26. The molecule has 0 aliphatic heterocycles. The molecule has 1 aliphatic rings. The number of rotatable bonds is 5. The molecule has 0 saturated heterocycles. The first-order chi connectivity index (χ1) is 11.5. The molecule has 2 heterocycles. The minimum absolute atomic E-state index is 0.218. The monoisotopic (exact) mass is 359 g/mol. The first-order valence-electron chi connectivity index (χ1n) is 8.24. The molecular weight excluding hydrogens is 338 g/mol. The molecule has 0 spiro atoms. The summed E-state index contributed by atoms with van der Waals surface area (Å²) in [7, 11) is 4.13. The summed E-state index contributed by atoms with van der Waals surface area (Å²) in [6.07, 6.45) is 2.47. The number of benzene rings is 1. The van der Waals surface area contributed by atoms with E-state index in [1.54, 1.807) is 11.3 Å². The lowest BCUT2D eigenvalue weighted by molar-refractivity contribution is 0.194. The van der Waals surface area contributed by atoms with Crippen molar-refractivity contribution in [2.45, 2.75) is 38.4 Å². The van der Waals surface area contributed by atoms with Crippen LogP contribution in [0.2, 0.25) is 0 Å². The molecule has 1 atom stereocenters. The molecule has 0 radical (unpaired) electrons. The van der Waals surface area contributed by atoms with E-state index in [1.165, 1.54) is 17.5 Å². The summed E-state index contributed by atoms with van der Waals surface area (Å²) in [5, 5.41) is 5.88. The van der Waals surface area contributed by atoms with E-state index < -0.39 is 0 Å². The Balaban J connectivity index is 1.56. The van der Waals surface area contributed by atoms with Crippen molar-refractivity contribution in [3.8, 4) is 0 Å². The molecule has 4 rings (SSSR count). The van der Waals surface area contributed by atoms with E-state index in [9.17, 15) is 0 Å². The smallest absolute Gasteiger partial charge is 0.198 e. The van der Waals surface area contributed by atoms with Gasteiger partial charge in [-0.15, -0.1) is 11.3 Å². The molecule has 126 valence electrons. The van der Waals surface area contributed by atoms with Crippen molar-refractivity contribution in [3.63, 3.8) is 0 Å². The molecule has 0 amide bonds. The van der Waals surface area contributed by atoms with Crippen molar-refractivity contribution in [1.29, 1.82) is 0 Å². The van der Waals surface area contributed by atoms with Gasteiger partial charge in [0.1, 0.15) is 10.8 Å². The van der Waals surface area contributed by atoms with Crippen molar-refractivity contribution in [3.05, 3.63) is 39.9 Å². The van der Waals surface area contributed by atoms with Crippen LogP contribution in [0.15, 0.2) is 24.3 Å². The van der Waals surface area contributed by atoms with Crippen LogP contribution >= 0.6 is 23.6 Å². The zero-order chi connectivity index (χ0) is 16.8. The van der Waals surface area contributed by atoms with Crippen LogP contribution in [0.25, 0.3) is 10.2 Å². The number of hydrogen-bond donors (Lipinski definition) is 0. The molecule has 1 aromatic carbocycles. The lowest BCUT2D eigenvalue weighted by atomic mass is 10.3. The van der Waals surface area contributed by atoms with E-state index in [0.29, 0.717) is 12.6 Å². The summed E-state index contributed by atoms with van der Waals surface area (Å²) in [6.45, 7) is 2.86. The predicted octanol–water partition coefficient (Wildman–Crippen LogP) is 4.09. The lowest BCUT2D eigenvalue weighted by Gasteiger charge is -2.22. The maximum Gasteiger partial charge on any atom is 0.198 e. The molecule has 3 aromatic rings. The number of thiazole rings is 1. The van der Waals surface area contributed by atoms with E-state index in [0.717, 1.165) is 21.1 Å². The molecule has 24 heavy (non-hydrogen) atoms. The van der Waals surface area contributed by atoms with Gasteiger partial charge in [0.2, 0.25) is 0 Å². The maximum absolute atomic E-state index is 5.56. The van der Waals surface area contributed by atoms with Crippen molar-refractivity contribution >= 4 is 33.8 Å². The molecular formula is C17H21N5S2. The Morgan fingerprint density at radius 3 is 2.83 bits per heavy atom. The molecule has 1 fully saturated rings. The third-order valence-electron chi connectivity index (χ3n) is 4.70. The minimum atomic E-state index is 0.218. The summed E-state index contributed by atoms with van der Waals surface area (Å²) in [6, 6.07) is 8.51. The van der Waals surface area contributed by atoms with Crippen molar-refractivity contribution in [1.82, 2.24) is 24.2 Å². The standard InChI is InChI=1S/C17H21N5S2/c1-11(16-18-13-6-4-5-7-14(13)24-16)20(2)10-22-17(23)21(3)15(19-22)12-8-9-12/h4-7,11-12H,8-10H2,1-3H3/t11-/m1/s1. The highest BCUT2D eigenvalue weighted by molar-refractivity contribution is 7.71. The topological polar surface area (TPSA) is 38.9 Å². The number of nitrogens with zero attached hydrogens (tertiary/aromatic N) is 5. The molecule has 7 heteroatoms. The summed E-state index contributed by atoms with van der Waals surface area (Å²) < 4.78 is 6.02. The Bertz CT molecular complexity index is 901. The van der Waals surface area contributed by atoms with Crippen LogP contribution in [0.1, 0.15) is 42.6 Å². The van der Waals surface area contributed by atoms with E-state index in [4.69, 9.17) is 22.3 Å². The predicted molar refractivity (Wildman–Crippen MR) is 99.8 cm³/mol. The van der Waals surface area contributed by atoms with Gasteiger partial charge in [-0.2, -0.15) is 5.10 Å². The second-order valence-electron chi connectivity index (χ2n) is 6.57. The number of aromatic nitrogens is 4. The summed E-state index contributed by atoms with van der Waals surface area (Å²) in [5.74, 6) is 1.73. The van der Waals surface area contributed by atoms with Gasteiger partial charge in [0.05, 0.1) is 22.9 Å². The van der Waals surface area contributed by atoms with Gasteiger partial charge in [0.15, 0.2) is 4.77 Å². The molecule has 0 unspecified atom stereocenters. The van der Waals surface area contributed by atoms with Crippen LogP contribution in [0.5, 0.6) is 0 Å². The van der Waals surface area contributed by atoms with Crippen LogP contribution < -0.4 is 0 Å². The fourth-order valence-corrected chi connectivity index (χ4v) is 4.16. The molecule has 2 aromatic heterocycles. The summed E-state index contributed by atoms with van der Waals surface area (Å²) in [5.41, 5.74) is 1.07. The Hall–Kier alpha value is -1.57. The van der Waals surface area contributed by atoms with Crippen LogP contribution in [-0.2, 0) is 13.7 Å². The van der Waals surface area contributed by atoms with E-state index in [1.807, 2.05) is 17.8 Å². The van der Waals surface area contributed by atoms with Crippen LogP contribution in [0, 0.1) is 4.77 Å². The van der Waals surface area contributed by atoms with Crippen LogP contribution in [0.3, 0.4) is 0 Å². The highest BCUT2D eigenvalue weighted by Crippen LogP contribution is 2.39.